The van der Waals surface area contributed by atoms with E-state index in [2.05, 4.69) is 61.1 Å². The fourth-order valence-corrected chi connectivity index (χ4v) is 3.77. The van der Waals surface area contributed by atoms with Crippen molar-refractivity contribution < 1.29 is 9.53 Å². The van der Waals surface area contributed by atoms with Gasteiger partial charge >= 0.3 is 0 Å². The number of carbonyl (C=O) groups is 1. The van der Waals surface area contributed by atoms with Gasteiger partial charge in [0.05, 0.1) is 23.4 Å². The highest BCUT2D eigenvalue weighted by molar-refractivity contribution is 6.32. The fraction of sp³-hybridized carbons (Fsp3) is 0.385. The number of hydrogen-bond acceptors (Lipinski definition) is 4. The summed E-state index contributed by atoms with van der Waals surface area (Å²) in [5.41, 5.74) is 3.71. The van der Waals surface area contributed by atoms with E-state index >= 15 is 0 Å². The normalized spacial score (nSPS) is 11.8. The molecular weight excluding hydrogens is 422 g/mol. The molecule has 0 aliphatic carbocycles. The molecule has 170 valence electrons. The van der Waals surface area contributed by atoms with Gasteiger partial charge < -0.3 is 14.6 Å². The second kappa shape index (κ2) is 9.88. The van der Waals surface area contributed by atoms with Crippen molar-refractivity contribution in [3.8, 4) is 17.0 Å². The molecule has 0 saturated carbocycles. The quantitative estimate of drug-likeness (QED) is 0.438. The van der Waals surface area contributed by atoms with Gasteiger partial charge in [0.1, 0.15) is 11.6 Å². The van der Waals surface area contributed by atoms with Gasteiger partial charge in [-0.3, -0.25) is 4.79 Å². The number of nitrogens with zero attached hydrogens (tertiary/aromatic N) is 2. The topological polar surface area (TPSA) is 56.1 Å². The van der Waals surface area contributed by atoms with E-state index in [1.807, 2.05) is 20.9 Å². The van der Waals surface area contributed by atoms with Crippen molar-refractivity contribution in [3.63, 3.8) is 0 Å². The lowest BCUT2D eigenvalue weighted by molar-refractivity contribution is 0.0990. The van der Waals surface area contributed by atoms with Crippen molar-refractivity contribution in [2.24, 2.45) is 7.05 Å². The average Bonchev–Trinajstić information content (AvgIpc) is 3.12. The van der Waals surface area contributed by atoms with Crippen LogP contribution in [0, 0.1) is 0 Å². The van der Waals surface area contributed by atoms with Crippen LogP contribution in [0.3, 0.4) is 0 Å². The molecule has 5 nitrogen and oxygen atoms in total. The third kappa shape index (κ3) is 5.99. The van der Waals surface area contributed by atoms with Gasteiger partial charge in [0, 0.05) is 36.3 Å². The van der Waals surface area contributed by atoms with Crippen LogP contribution in [0.2, 0.25) is 5.02 Å². The summed E-state index contributed by atoms with van der Waals surface area (Å²) in [6.07, 6.45) is 2.09. The first-order valence-corrected chi connectivity index (χ1v) is 11.3. The zero-order chi connectivity index (χ0) is 23.5. The molecule has 0 fully saturated rings. The lowest BCUT2D eigenvalue weighted by Gasteiger charge is -2.17. The molecule has 32 heavy (non-hydrogen) atoms. The molecule has 0 bridgehead atoms. The van der Waals surface area contributed by atoms with Gasteiger partial charge in [-0.15, -0.1) is 0 Å². The molecule has 3 rings (SSSR count). The van der Waals surface area contributed by atoms with E-state index in [4.69, 9.17) is 21.3 Å². The summed E-state index contributed by atoms with van der Waals surface area (Å²) in [6.45, 7) is 11.2. The molecule has 0 aliphatic heterocycles. The Bertz CT molecular complexity index is 1080. The standard InChI is InChI=1S/C26H32ClN3O2/c1-17(2)32-24-12-11-20(13-21(24)27)23(31)15-28-14-18-7-9-19(10-8-18)22-16-30(6)25(29-22)26(3,4)5/h7-13,16-17,28H,14-15H2,1-6H3. The van der Waals surface area contributed by atoms with Gasteiger partial charge in [-0.2, -0.15) is 0 Å². The van der Waals surface area contributed by atoms with Crippen LogP contribution < -0.4 is 10.1 Å². The van der Waals surface area contributed by atoms with E-state index in [9.17, 15) is 4.79 Å². The zero-order valence-electron chi connectivity index (χ0n) is 19.7. The second-order valence-corrected chi connectivity index (χ2v) is 9.75. The number of aromatic nitrogens is 2. The van der Waals surface area contributed by atoms with Crippen molar-refractivity contribution >= 4 is 17.4 Å². The number of ketones is 1. The first kappa shape index (κ1) is 24.0. The summed E-state index contributed by atoms with van der Waals surface area (Å²) in [6, 6.07) is 13.4. The molecule has 3 aromatic rings. The summed E-state index contributed by atoms with van der Waals surface area (Å²) >= 11 is 6.24. The molecule has 0 amide bonds. The zero-order valence-corrected chi connectivity index (χ0v) is 20.5. The van der Waals surface area contributed by atoms with Crippen LogP contribution in [0.25, 0.3) is 11.3 Å². The molecule has 0 spiro atoms. The number of Topliss-reactive ketones (excluding diaryl/α,β-unsaturated/α-hetero) is 1. The Balaban J connectivity index is 1.57. The van der Waals surface area contributed by atoms with Crippen LogP contribution in [0.4, 0.5) is 0 Å². The summed E-state index contributed by atoms with van der Waals surface area (Å²) in [5, 5.41) is 3.66. The van der Waals surface area contributed by atoms with Crippen molar-refractivity contribution in [2.75, 3.05) is 6.54 Å². The van der Waals surface area contributed by atoms with Crippen LogP contribution in [0.1, 0.15) is 56.4 Å². The molecule has 2 aromatic carbocycles. The number of imidazole rings is 1. The molecule has 6 heteroatoms. The first-order valence-electron chi connectivity index (χ1n) is 10.9. The number of nitrogens with one attached hydrogen (secondary N) is 1. The van der Waals surface area contributed by atoms with E-state index in [0.717, 1.165) is 22.6 Å². The predicted molar refractivity (Wildman–Crippen MR) is 131 cm³/mol. The van der Waals surface area contributed by atoms with Crippen molar-refractivity contribution in [1.82, 2.24) is 14.9 Å². The SMILES string of the molecule is CC(C)Oc1ccc(C(=O)CNCc2ccc(-c3cn(C)c(C(C)(C)C)n3)cc2)cc1Cl. The van der Waals surface area contributed by atoms with Gasteiger partial charge in [-0.1, -0.05) is 56.6 Å². The van der Waals surface area contributed by atoms with Gasteiger partial charge in [-0.25, -0.2) is 4.98 Å². The lowest BCUT2D eigenvalue weighted by Crippen LogP contribution is -2.22. The van der Waals surface area contributed by atoms with Gasteiger partial charge in [0.25, 0.3) is 0 Å². The number of halogens is 1. The number of hydrogen-bond donors (Lipinski definition) is 1. The Hall–Kier alpha value is -2.63. The molecule has 1 heterocycles. The fourth-order valence-electron chi connectivity index (χ4n) is 3.54. The van der Waals surface area contributed by atoms with Gasteiger partial charge in [-0.05, 0) is 37.6 Å². The van der Waals surface area contributed by atoms with Crippen LogP contribution >= 0.6 is 11.6 Å². The Morgan fingerprint density at radius 2 is 1.84 bits per heavy atom. The number of benzene rings is 2. The third-order valence-electron chi connectivity index (χ3n) is 5.03. The lowest BCUT2D eigenvalue weighted by atomic mass is 9.96. The van der Waals surface area contributed by atoms with Crippen molar-refractivity contribution in [3.05, 3.63) is 70.6 Å². The van der Waals surface area contributed by atoms with E-state index in [1.165, 1.54) is 0 Å². The second-order valence-electron chi connectivity index (χ2n) is 9.35. The molecule has 0 saturated heterocycles. The van der Waals surface area contributed by atoms with Crippen molar-refractivity contribution in [2.45, 2.75) is 52.7 Å². The minimum atomic E-state index is -0.0113. The molecule has 0 atom stereocenters. The Labute approximate surface area is 195 Å². The molecular formula is C26H32ClN3O2. The number of rotatable bonds is 8. The number of carbonyl (C=O) groups excluding carboxylic acids is 1. The average molecular weight is 454 g/mol. The predicted octanol–water partition coefficient (Wildman–Crippen LogP) is 5.80. The highest BCUT2D eigenvalue weighted by atomic mass is 35.5. The largest absolute Gasteiger partial charge is 0.489 e. The van der Waals surface area contributed by atoms with Crippen LogP contribution in [-0.2, 0) is 19.0 Å². The molecule has 0 aliphatic rings. The first-order chi connectivity index (χ1) is 15.0. The van der Waals surface area contributed by atoms with E-state index in [0.29, 0.717) is 22.9 Å². The smallest absolute Gasteiger partial charge is 0.176 e. The van der Waals surface area contributed by atoms with Crippen LogP contribution in [0.5, 0.6) is 5.75 Å². The van der Waals surface area contributed by atoms with Crippen LogP contribution in [0.15, 0.2) is 48.7 Å². The van der Waals surface area contributed by atoms with Crippen LogP contribution in [-0.4, -0.2) is 28.0 Å². The molecule has 1 N–H and O–H groups in total. The van der Waals surface area contributed by atoms with E-state index in [1.54, 1.807) is 18.2 Å². The number of aryl methyl sites for hydroxylation is 1. The highest BCUT2D eigenvalue weighted by Gasteiger charge is 2.20. The van der Waals surface area contributed by atoms with Gasteiger partial charge in [0.15, 0.2) is 5.78 Å². The minimum absolute atomic E-state index is 0.00457. The maximum atomic E-state index is 12.5. The molecule has 1 aromatic heterocycles. The Kier molecular flexibility index (Phi) is 7.42. The minimum Gasteiger partial charge on any atom is -0.489 e. The highest BCUT2D eigenvalue weighted by Crippen LogP contribution is 2.27. The maximum absolute atomic E-state index is 12.5. The van der Waals surface area contributed by atoms with E-state index in [-0.39, 0.29) is 23.8 Å². The van der Waals surface area contributed by atoms with Gasteiger partial charge in [0.2, 0.25) is 0 Å². The Morgan fingerprint density at radius 3 is 2.41 bits per heavy atom. The maximum Gasteiger partial charge on any atom is 0.176 e. The van der Waals surface area contributed by atoms with Crippen molar-refractivity contribution in [1.29, 1.82) is 0 Å². The summed E-state index contributed by atoms with van der Waals surface area (Å²) in [5.74, 6) is 1.64. The third-order valence-corrected chi connectivity index (χ3v) is 5.32. The number of ether oxygens (including phenoxy) is 1. The molecule has 0 unspecified atom stereocenters. The summed E-state index contributed by atoms with van der Waals surface area (Å²) in [4.78, 5) is 17.3. The monoisotopic (exact) mass is 453 g/mol. The Morgan fingerprint density at radius 1 is 1.16 bits per heavy atom. The summed E-state index contributed by atoms with van der Waals surface area (Å²) < 4.78 is 7.71. The van der Waals surface area contributed by atoms with E-state index < -0.39 is 0 Å². The summed E-state index contributed by atoms with van der Waals surface area (Å²) in [7, 11) is 2.03. The molecule has 0 radical (unpaired) electrons.